The molecule has 29 heavy (non-hydrogen) atoms. The molecule has 9 heteroatoms. The Morgan fingerprint density at radius 3 is 2.66 bits per heavy atom. The van der Waals surface area contributed by atoms with Gasteiger partial charge in [0.05, 0.1) is 34.6 Å². The highest BCUT2D eigenvalue weighted by Gasteiger charge is 2.14. The van der Waals surface area contributed by atoms with Crippen LogP contribution in [0.1, 0.15) is 10.0 Å². The molecule has 0 saturated carbocycles. The van der Waals surface area contributed by atoms with Crippen molar-refractivity contribution in [3.8, 4) is 11.1 Å². The number of benzene rings is 2. The van der Waals surface area contributed by atoms with Crippen molar-refractivity contribution in [2.24, 2.45) is 0 Å². The van der Waals surface area contributed by atoms with Gasteiger partial charge >= 0.3 is 0 Å². The number of nitrogens with one attached hydrogen (secondary N) is 1. The van der Waals surface area contributed by atoms with E-state index < -0.39 is 0 Å². The average Bonchev–Trinajstić information content (AvgIpc) is 3.35. The number of nitrogens with zero attached hydrogens (tertiary/aromatic N) is 3. The summed E-state index contributed by atoms with van der Waals surface area (Å²) in [6.07, 6.45) is 0.288. The largest absolute Gasteiger partial charge is 0.349 e. The van der Waals surface area contributed by atoms with Gasteiger partial charge in [0.25, 0.3) is 0 Å². The van der Waals surface area contributed by atoms with Crippen LogP contribution in [0.3, 0.4) is 0 Å². The van der Waals surface area contributed by atoms with Gasteiger partial charge < -0.3 is 5.32 Å². The Morgan fingerprint density at radius 1 is 1.07 bits per heavy atom. The molecule has 1 amide bonds. The first-order valence-electron chi connectivity index (χ1n) is 8.76. The average molecular weight is 443 g/mol. The number of fused-ring (bicyclic) bond motifs is 1. The number of carbonyl (C=O) groups is 2. The Hall–Kier alpha value is -2.68. The molecule has 2 heterocycles. The van der Waals surface area contributed by atoms with Crippen LogP contribution in [0.15, 0.2) is 48.0 Å². The number of thiazole rings is 1. The fourth-order valence-corrected chi connectivity index (χ4v) is 4.62. The number of halogens is 1. The molecule has 0 aliphatic carbocycles. The normalized spacial score (nSPS) is 10.9. The summed E-state index contributed by atoms with van der Waals surface area (Å²) < 4.78 is 0.961. The standard InChI is InChI=1S/C20H15ClN4O2S2/c21-15-8-16-17(7-14(15)12-4-2-1-3-5-12)29-19(24-16)9-18(27)22-10-13(26)6-20-25-23-11-28-20/h1-5,7-8,11H,6,9-10H2,(H,22,27). The lowest BCUT2D eigenvalue weighted by Gasteiger charge is -2.04. The lowest BCUT2D eigenvalue weighted by molar-refractivity contribution is -0.124. The highest BCUT2D eigenvalue weighted by atomic mass is 35.5. The third-order valence-electron chi connectivity index (χ3n) is 4.15. The van der Waals surface area contributed by atoms with E-state index in [0.29, 0.717) is 15.0 Å². The van der Waals surface area contributed by atoms with Crippen molar-refractivity contribution < 1.29 is 9.59 Å². The maximum absolute atomic E-state index is 12.2. The van der Waals surface area contributed by atoms with E-state index in [9.17, 15) is 9.59 Å². The van der Waals surface area contributed by atoms with Gasteiger partial charge in [-0.05, 0) is 17.7 Å². The van der Waals surface area contributed by atoms with Gasteiger partial charge in [-0.25, -0.2) is 4.98 Å². The molecule has 0 spiro atoms. The minimum Gasteiger partial charge on any atom is -0.349 e. The molecule has 6 nitrogen and oxygen atoms in total. The summed E-state index contributed by atoms with van der Waals surface area (Å²) in [5.41, 5.74) is 4.29. The second-order valence-electron chi connectivity index (χ2n) is 6.27. The summed E-state index contributed by atoms with van der Waals surface area (Å²) in [5.74, 6) is -0.359. The predicted molar refractivity (Wildman–Crippen MR) is 115 cm³/mol. The second-order valence-corrected chi connectivity index (χ2v) is 8.72. The third-order valence-corrected chi connectivity index (χ3v) is 6.18. The van der Waals surface area contributed by atoms with Crippen LogP contribution in [-0.2, 0) is 22.4 Å². The molecule has 2 aromatic heterocycles. The van der Waals surface area contributed by atoms with Gasteiger partial charge in [0.2, 0.25) is 5.91 Å². The van der Waals surface area contributed by atoms with Crippen molar-refractivity contribution in [2.45, 2.75) is 12.8 Å². The van der Waals surface area contributed by atoms with Crippen LogP contribution in [-0.4, -0.2) is 33.4 Å². The molecule has 0 fully saturated rings. The number of Topliss-reactive ketones (excluding diaryl/α,β-unsaturated/α-hetero) is 1. The number of aromatic nitrogens is 3. The molecule has 2 aromatic carbocycles. The fourth-order valence-electron chi connectivity index (χ4n) is 2.81. The van der Waals surface area contributed by atoms with Crippen molar-refractivity contribution >= 4 is 56.2 Å². The summed E-state index contributed by atoms with van der Waals surface area (Å²) in [7, 11) is 0. The monoisotopic (exact) mass is 442 g/mol. The van der Waals surface area contributed by atoms with E-state index in [2.05, 4.69) is 20.5 Å². The van der Waals surface area contributed by atoms with Gasteiger partial charge in [0.15, 0.2) is 5.78 Å². The number of rotatable bonds is 7. The molecule has 0 bridgehead atoms. The molecule has 0 unspecified atom stereocenters. The van der Waals surface area contributed by atoms with Crippen LogP contribution >= 0.6 is 34.3 Å². The first-order chi connectivity index (χ1) is 14.1. The smallest absolute Gasteiger partial charge is 0.227 e. The lowest BCUT2D eigenvalue weighted by Crippen LogP contribution is -2.31. The Morgan fingerprint density at radius 2 is 1.90 bits per heavy atom. The lowest BCUT2D eigenvalue weighted by atomic mass is 10.1. The van der Waals surface area contributed by atoms with E-state index in [1.54, 1.807) is 5.51 Å². The summed E-state index contributed by atoms with van der Waals surface area (Å²) in [6, 6.07) is 13.7. The van der Waals surface area contributed by atoms with Gasteiger partial charge in [-0.3, -0.25) is 9.59 Å². The SMILES string of the molecule is O=C(CNC(=O)Cc1nc2cc(Cl)c(-c3ccccc3)cc2s1)Cc1nncs1. The molecular formula is C20H15ClN4O2S2. The third kappa shape index (κ3) is 4.84. The number of hydrogen-bond donors (Lipinski definition) is 1. The van der Waals surface area contributed by atoms with Crippen LogP contribution in [0.25, 0.3) is 21.3 Å². The van der Waals surface area contributed by atoms with E-state index in [-0.39, 0.29) is 31.1 Å². The minimum atomic E-state index is -0.246. The summed E-state index contributed by atoms with van der Waals surface area (Å²) in [4.78, 5) is 28.6. The van der Waals surface area contributed by atoms with Crippen molar-refractivity contribution in [3.05, 3.63) is 63.0 Å². The summed E-state index contributed by atoms with van der Waals surface area (Å²) in [5, 5.41) is 12.1. The van der Waals surface area contributed by atoms with Gasteiger partial charge in [-0.15, -0.1) is 32.9 Å². The molecule has 0 atom stereocenters. The molecule has 0 radical (unpaired) electrons. The summed E-state index contributed by atoms with van der Waals surface area (Å²) in [6.45, 7) is -0.0344. The summed E-state index contributed by atoms with van der Waals surface area (Å²) >= 11 is 9.20. The highest BCUT2D eigenvalue weighted by Crippen LogP contribution is 2.34. The molecule has 4 rings (SSSR count). The van der Waals surface area contributed by atoms with Crippen LogP contribution in [0.2, 0.25) is 5.02 Å². The van der Waals surface area contributed by atoms with Crippen LogP contribution in [0.4, 0.5) is 0 Å². The molecule has 0 saturated heterocycles. The molecule has 146 valence electrons. The zero-order valence-corrected chi connectivity index (χ0v) is 17.5. The molecular weight excluding hydrogens is 428 g/mol. The van der Waals surface area contributed by atoms with E-state index in [4.69, 9.17) is 11.6 Å². The molecule has 0 aliphatic heterocycles. The topological polar surface area (TPSA) is 84.8 Å². The molecule has 0 aliphatic rings. The maximum Gasteiger partial charge on any atom is 0.227 e. The fraction of sp³-hybridized carbons (Fsp3) is 0.150. The quantitative estimate of drug-likeness (QED) is 0.468. The minimum absolute atomic E-state index is 0.0344. The predicted octanol–water partition coefficient (Wildman–Crippen LogP) is 3.94. The second kappa shape index (κ2) is 8.77. The number of ketones is 1. The van der Waals surface area contributed by atoms with Gasteiger partial charge in [-0.2, -0.15) is 0 Å². The van der Waals surface area contributed by atoms with E-state index in [0.717, 1.165) is 21.3 Å². The first kappa shape index (κ1) is 19.6. The highest BCUT2D eigenvalue weighted by molar-refractivity contribution is 7.18. The number of carbonyl (C=O) groups excluding carboxylic acids is 2. The van der Waals surface area contributed by atoms with Crippen molar-refractivity contribution in [3.63, 3.8) is 0 Å². The zero-order valence-electron chi connectivity index (χ0n) is 15.1. The van der Waals surface area contributed by atoms with Crippen LogP contribution in [0, 0.1) is 0 Å². The van der Waals surface area contributed by atoms with Gasteiger partial charge in [-0.1, -0.05) is 41.9 Å². The molecule has 4 aromatic rings. The zero-order chi connectivity index (χ0) is 20.2. The van der Waals surface area contributed by atoms with Crippen LogP contribution in [0.5, 0.6) is 0 Å². The van der Waals surface area contributed by atoms with Crippen molar-refractivity contribution in [1.29, 1.82) is 0 Å². The Balaban J connectivity index is 1.41. The molecule has 1 N–H and O–H groups in total. The Bertz CT molecular complexity index is 1160. The van der Waals surface area contributed by atoms with Crippen LogP contribution < -0.4 is 5.32 Å². The maximum atomic E-state index is 12.2. The van der Waals surface area contributed by atoms with E-state index >= 15 is 0 Å². The Kier molecular flexibility index (Phi) is 5.94. The van der Waals surface area contributed by atoms with Gasteiger partial charge in [0, 0.05) is 5.56 Å². The van der Waals surface area contributed by atoms with Gasteiger partial charge in [0.1, 0.15) is 15.5 Å². The Labute approximate surface area is 179 Å². The van der Waals surface area contributed by atoms with E-state index in [1.807, 2.05) is 42.5 Å². The van der Waals surface area contributed by atoms with Crippen molar-refractivity contribution in [2.75, 3.05) is 6.54 Å². The number of amides is 1. The number of hydrogen-bond acceptors (Lipinski definition) is 7. The first-order valence-corrected chi connectivity index (χ1v) is 10.8. The van der Waals surface area contributed by atoms with E-state index in [1.165, 1.54) is 22.7 Å². The van der Waals surface area contributed by atoms with Crippen molar-refractivity contribution in [1.82, 2.24) is 20.5 Å².